The summed E-state index contributed by atoms with van der Waals surface area (Å²) in [7, 11) is 0. The van der Waals surface area contributed by atoms with Crippen LogP contribution in [0.3, 0.4) is 0 Å². The Bertz CT molecular complexity index is 308. The minimum Gasteiger partial charge on any atom is -0.326 e. The summed E-state index contributed by atoms with van der Waals surface area (Å²) >= 11 is 16.4. The molecule has 1 rings (SSSR count). The molecule has 5 heteroatoms. The zero-order valence-electron chi connectivity index (χ0n) is 7.14. The highest BCUT2D eigenvalue weighted by Crippen LogP contribution is 2.30. The third-order valence-electron chi connectivity index (χ3n) is 1.42. The first kappa shape index (κ1) is 11.6. The first-order chi connectivity index (χ1) is 6.47. The molecule has 1 amide bonds. The number of hydrogen-bond donors (Lipinski definition) is 1. The molecule has 0 bridgehead atoms. The molecular weight excluding hydrogens is 244 g/mol. The third-order valence-corrected chi connectivity index (χ3v) is 1.82. The molecule has 0 heterocycles. The quantitative estimate of drug-likeness (QED) is 0.803. The van der Waals surface area contributed by atoms with Crippen LogP contribution in [0.15, 0.2) is 30.3 Å². The monoisotopic (exact) mass is 251 g/mol. The number of halogens is 3. The molecule has 1 aromatic rings. The second kappa shape index (κ2) is 4.87. The number of rotatable bonds is 2. The van der Waals surface area contributed by atoms with Gasteiger partial charge in [-0.25, -0.2) is 0 Å². The number of hydrogen-bond acceptors (Lipinski definition) is 1. The van der Waals surface area contributed by atoms with E-state index in [9.17, 15) is 4.79 Å². The van der Waals surface area contributed by atoms with Crippen LogP contribution < -0.4 is 5.32 Å². The second-order valence-corrected chi connectivity index (χ2v) is 5.22. The molecule has 0 unspecified atom stereocenters. The summed E-state index contributed by atoms with van der Waals surface area (Å²) in [4.78, 5) is 11.3. The van der Waals surface area contributed by atoms with Crippen LogP contribution in [-0.4, -0.2) is 9.70 Å². The summed E-state index contributed by atoms with van der Waals surface area (Å²) in [5.41, 5.74) is 0.687. The van der Waals surface area contributed by atoms with E-state index in [1.54, 1.807) is 12.1 Å². The Hall–Kier alpha value is -0.440. The van der Waals surface area contributed by atoms with Crippen molar-refractivity contribution in [2.45, 2.75) is 10.2 Å². The van der Waals surface area contributed by atoms with Gasteiger partial charge in [0, 0.05) is 5.69 Å². The van der Waals surface area contributed by atoms with Gasteiger partial charge in [-0.2, -0.15) is 0 Å². The topological polar surface area (TPSA) is 29.1 Å². The number of alkyl halides is 3. The maximum atomic E-state index is 11.3. The highest BCUT2D eigenvalue weighted by Gasteiger charge is 2.23. The molecule has 2 nitrogen and oxygen atoms in total. The number of carbonyl (C=O) groups excluding carboxylic acids is 1. The van der Waals surface area contributed by atoms with Gasteiger partial charge < -0.3 is 5.32 Å². The third kappa shape index (κ3) is 4.70. The lowest BCUT2D eigenvalue weighted by molar-refractivity contribution is -0.116. The fourth-order valence-corrected chi connectivity index (χ4v) is 1.27. The average molecular weight is 253 g/mol. The molecule has 0 saturated carbocycles. The lowest BCUT2D eigenvalue weighted by Gasteiger charge is -2.10. The molecule has 1 aromatic carbocycles. The Morgan fingerprint density at radius 3 is 2.29 bits per heavy atom. The molecule has 0 spiro atoms. The Labute approximate surface area is 97.1 Å². The molecule has 0 radical (unpaired) electrons. The first-order valence-corrected chi connectivity index (χ1v) is 5.02. The minimum absolute atomic E-state index is 0.160. The van der Waals surface area contributed by atoms with Gasteiger partial charge in [0.15, 0.2) is 3.79 Å². The van der Waals surface area contributed by atoms with E-state index in [-0.39, 0.29) is 12.3 Å². The molecular formula is C9H8Cl3NO. The van der Waals surface area contributed by atoms with Gasteiger partial charge >= 0.3 is 0 Å². The van der Waals surface area contributed by atoms with Crippen molar-refractivity contribution in [2.75, 3.05) is 5.32 Å². The van der Waals surface area contributed by atoms with Crippen molar-refractivity contribution in [2.24, 2.45) is 0 Å². The first-order valence-electron chi connectivity index (χ1n) is 3.89. The SMILES string of the molecule is O=C(CC(Cl)(Cl)Cl)Nc1ccccc1. The number of amides is 1. The number of para-hydroxylation sites is 1. The molecule has 0 aromatic heterocycles. The minimum atomic E-state index is -1.54. The second-order valence-electron chi connectivity index (χ2n) is 2.71. The number of nitrogens with one attached hydrogen (secondary N) is 1. The molecule has 0 aliphatic carbocycles. The van der Waals surface area contributed by atoms with E-state index < -0.39 is 3.79 Å². The Morgan fingerprint density at radius 2 is 1.79 bits per heavy atom. The maximum absolute atomic E-state index is 11.3. The van der Waals surface area contributed by atoms with Gasteiger partial charge in [0.1, 0.15) is 0 Å². The smallest absolute Gasteiger partial charge is 0.228 e. The van der Waals surface area contributed by atoms with E-state index in [0.717, 1.165) is 0 Å². The molecule has 0 aliphatic heterocycles. The lowest BCUT2D eigenvalue weighted by Crippen LogP contribution is -2.18. The van der Waals surface area contributed by atoms with E-state index in [1.165, 1.54) is 0 Å². The predicted octanol–water partition coefficient (Wildman–Crippen LogP) is 3.39. The van der Waals surface area contributed by atoms with Gasteiger partial charge in [0.25, 0.3) is 0 Å². The van der Waals surface area contributed by atoms with Crippen LogP contribution in [0.5, 0.6) is 0 Å². The van der Waals surface area contributed by atoms with Gasteiger partial charge in [-0.15, -0.1) is 0 Å². The fraction of sp³-hybridized carbons (Fsp3) is 0.222. The molecule has 14 heavy (non-hydrogen) atoms. The lowest BCUT2D eigenvalue weighted by atomic mass is 10.3. The van der Waals surface area contributed by atoms with Crippen molar-refractivity contribution >= 4 is 46.4 Å². The summed E-state index contributed by atoms with van der Waals surface area (Å²) < 4.78 is -1.54. The van der Waals surface area contributed by atoms with Crippen molar-refractivity contribution < 1.29 is 4.79 Å². The van der Waals surface area contributed by atoms with E-state index in [4.69, 9.17) is 34.8 Å². The van der Waals surface area contributed by atoms with E-state index in [1.807, 2.05) is 18.2 Å². The average Bonchev–Trinajstić information content (AvgIpc) is 2.02. The molecule has 0 atom stereocenters. The van der Waals surface area contributed by atoms with Crippen LogP contribution in [0.25, 0.3) is 0 Å². The van der Waals surface area contributed by atoms with Crippen LogP contribution in [0.4, 0.5) is 5.69 Å². The van der Waals surface area contributed by atoms with Crippen molar-refractivity contribution in [1.29, 1.82) is 0 Å². The van der Waals surface area contributed by atoms with Crippen molar-refractivity contribution in [3.8, 4) is 0 Å². The van der Waals surface area contributed by atoms with Crippen LogP contribution in [-0.2, 0) is 4.79 Å². The van der Waals surface area contributed by atoms with Crippen LogP contribution in [0.1, 0.15) is 6.42 Å². The highest BCUT2D eigenvalue weighted by molar-refractivity contribution is 6.68. The number of anilines is 1. The summed E-state index contributed by atoms with van der Waals surface area (Å²) in [6.45, 7) is 0. The van der Waals surface area contributed by atoms with Gasteiger partial charge in [-0.1, -0.05) is 53.0 Å². The fourth-order valence-electron chi connectivity index (χ4n) is 0.909. The van der Waals surface area contributed by atoms with E-state index in [0.29, 0.717) is 5.69 Å². The highest BCUT2D eigenvalue weighted by atomic mass is 35.6. The zero-order chi connectivity index (χ0) is 10.6. The molecule has 0 fully saturated rings. The van der Waals surface area contributed by atoms with E-state index >= 15 is 0 Å². The zero-order valence-corrected chi connectivity index (χ0v) is 9.40. The Morgan fingerprint density at radius 1 is 1.21 bits per heavy atom. The maximum Gasteiger partial charge on any atom is 0.228 e. The van der Waals surface area contributed by atoms with Gasteiger partial charge in [-0.3, -0.25) is 4.79 Å². The van der Waals surface area contributed by atoms with Crippen LogP contribution in [0.2, 0.25) is 0 Å². The van der Waals surface area contributed by atoms with Gasteiger partial charge in [-0.05, 0) is 12.1 Å². The summed E-state index contributed by atoms with van der Waals surface area (Å²) in [6, 6.07) is 8.99. The standard InChI is InChI=1S/C9H8Cl3NO/c10-9(11,12)6-8(14)13-7-4-2-1-3-5-7/h1-5H,6H2,(H,13,14). The summed E-state index contributed by atoms with van der Waals surface area (Å²) in [5.74, 6) is -0.323. The summed E-state index contributed by atoms with van der Waals surface area (Å²) in [6.07, 6.45) is -0.160. The predicted molar refractivity (Wildman–Crippen MR) is 60.0 cm³/mol. The van der Waals surface area contributed by atoms with Gasteiger partial charge in [0.05, 0.1) is 6.42 Å². The largest absolute Gasteiger partial charge is 0.326 e. The van der Waals surface area contributed by atoms with Crippen LogP contribution >= 0.6 is 34.8 Å². The Balaban J connectivity index is 2.50. The normalized spacial score (nSPS) is 11.1. The number of carbonyl (C=O) groups is 1. The number of benzene rings is 1. The van der Waals surface area contributed by atoms with Crippen LogP contribution in [0, 0.1) is 0 Å². The van der Waals surface area contributed by atoms with Crippen molar-refractivity contribution in [1.82, 2.24) is 0 Å². The molecule has 0 saturated heterocycles. The molecule has 76 valence electrons. The van der Waals surface area contributed by atoms with Crippen molar-refractivity contribution in [3.63, 3.8) is 0 Å². The molecule has 0 aliphatic rings. The van der Waals surface area contributed by atoms with Gasteiger partial charge in [0.2, 0.25) is 5.91 Å². The summed E-state index contributed by atoms with van der Waals surface area (Å²) in [5, 5.41) is 2.61. The van der Waals surface area contributed by atoms with E-state index in [2.05, 4.69) is 5.32 Å². The Kier molecular flexibility index (Phi) is 4.05. The van der Waals surface area contributed by atoms with Crippen molar-refractivity contribution in [3.05, 3.63) is 30.3 Å². The molecule has 1 N–H and O–H groups in total.